The monoisotopic (exact) mass is 251 g/mol. The maximum absolute atomic E-state index is 12.0. The second-order valence-electron chi connectivity index (χ2n) is 4.71. The summed E-state index contributed by atoms with van der Waals surface area (Å²) in [5, 5.41) is 3.17. The number of aryl methyl sites for hydroxylation is 1. The molecule has 0 saturated carbocycles. The molecule has 1 unspecified atom stereocenters. The number of likely N-dealkylation sites (tertiary alicyclic amines) is 1. The van der Waals surface area contributed by atoms with Crippen molar-refractivity contribution in [3.8, 4) is 0 Å². The van der Waals surface area contributed by atoms with Crippen molar-refractivity contribution >= 4 is 5.91 Å². The normalized spacial score (nSPS) is 17.1. The van der Waals surface area contributed by atoms with Gasteiger partial charge in [-0.15, -0.1) is 0 Å². The van der Waals surface area contributed by atoms with Gasteiger partial charge in [-0.2, -0.15) is 0 Å². The van der Waals surface area contributed by atoms with Crippen LogP contribution in [0.3, 0.4) is 0 Å². The van der Waals surface area contributed by atoms with E-state index in [1.165, 1.54) is 0 Å². The molecule has 2 heterocycles. The summed E-state index contributed by atoms with van der Waals surface area (Å²) < 4.78 is 5.49. The lowest BCUT2D eigenvalue weighted by molar-refractivity contribution is -0.132. The average molecular weight is 251 g/mol. The quantitative estimate of drug-likeness (QED) is 0.858. The minimum Gasteiger partial charge on any atom is -0.444 e. The summed E-state index contributed by atoms with van der Waals surface area (Å²) in [6.45, 7) is 6.20. The van der Waals surface area contributed by atoms with E-state index < -0.39 is 0 Å². The Balaban J connectivity index is 1.80. The highest BCUT2D eigenvalue weighted by atomic mass is 16.4. The zero-order valence-electron chi connectivity index (χ0n) is 11.1. The summed E-state index contributed by atoms with van der Waals surface area (Å²) >= 11 is 0. The fourth-order valence-electron chi connectivity index (χ4n) is 2.13. The molecule has 5 nitrogen and oxygen atoms in total. The molecule has 1 aromatic heterocycles. The summed E-state index contributed by atoms with van der Waals surface area (Å²) in [5.41, 5.74) is 0. The molecule has 0 spiro atoms. The third-order valence-corrected chi connectivity index (χ3v) is 3.30. The molecule has 0 radical (unpaired) electrons. The molecule has 1 aromatic rings. The number of nitrogens with one attached hydrogen (secondary N) is 1. The first-order valence-electron chi connectivity index (χ1n) is 6.66. The van der Waals surface area contributed by atoms with E-state index in [2.05, 4.69) is 10.3 Å². The van der Waals surface area contributed by atoms with E-state index in [4.69, 9.17) is 4.42 Å². The number of carbonyl (C=O) groups excluding carboxylic acids is 1. The second-order valence-corrected chi connectivity index (χ2v) is 4.71. The predicted molar refractivity (Wildman–Crippen MR) is 68.0 cm³/mol. The third-order valence-electron chi connectivity index (χ3n) is 3.30. The van der Waals surface area contributed by atoms with Crippen molar-refractivity contribution in [1.82, 2.24) is 15.2 Å². The standard InChI is InChI=1S/C13H21N3O2/c1-3-11-8-15-12(18-11)9-14-10(2)13(17)16-6-4-5-7-16/h8,10,14H,3-7,9H2,1-2H3. The first-order chi connectivity index (χ1) is 8.70. The van der Waals surface area contributed by atoms with Gasteiger partial charge in [-0.05, 0) is 19.8 Å². The van der Waals surface area contributed by atoms with Crippen molar-refractivity contribution in [2.45, 2.75) is 45.7 Å². The van der Waals surface area contributed by atoms with Crippen LogP contribution in [0.5, 0.6) is 0 Å². The van der Waals surface area contributed by atoms with Gasteiger partial charge in [0.15, 0.2) is 0 Å². The molecule has 1 atom stereocenters. The smallest absolute Gasteiger partial charge is 0.239 e. The SMILES string of the molecule is CCc1cnc(CNC(C)C(=O)N2CCCC2)o1. The van der Waals surface area contributed by atoms with Crippen molar-refractivity contribution in [2.24, 2.45) is 0 Å². The molecule has 0 aromatic carbocycles. The molecule has 1 saturated heterocycles. The van der Waals surface area contributed by atoms with Crippen molar-refractivity contribution < 1.29 is 9.21 Å². The molecule has 1 aliphatic heterocycles. The van der Waals surface area contributed by atoms with Crippen molar-refractivity contribution in [2.75, 3.05) is 13.1 Å². The number of hydrogen-bond acceptors (Lipinski definition) is 4. The van der Waals surface area contributed by atoms with Crippen LogP contribution < -0.4 is 5.32 Å². The molecule has 1 fully saturated rings. The Labute approximate surface area is 108 Å². The van der Waals surface area contributed by atoms with Gasteiger partial charge in [0, 0.05) is 19.5 Å². The van der Waals surface area contributed by atoms with Crippen LogP contribution in [0.2, 0.25) is 0 Å². The molecular formula is C13H21N3O2. The molecule has 1 aliphatic rings. The number of carbonyl (C=O) groups is 1. The van der Waals surface area contributed by atoms with Crippen LogP contribution in [0.4, 0.5) is 0 Å². The lowest BCUT2D eigenvalue weighted by Gasteiger charge is -2.20. The number of nitrogens with zero attached hydrogens (tertiary/aromatic N) is 2. The predicted octanol–water partition coefficient (Wildman–Crippen LogP) is 1.34. The fraction of sp³-hybridized carbons (Fsp3) is 0.692. The van der Waals surface area contributed by atoms with Crippen LogP contribution in [0.15, 0.2) is 10.6 Å². The van der Waals surface area contributed by atoms with Crippen LogP contribution >= 0.6 is 0 Å². The molecule has 5 heteroatoms. The van der Waals surface area contributed by atoms with E-state index in [-0.39, 0.29) is 11.9 Å². The zero-order chi connectivity index (χ0) is 13.0. The van der Waals surface area contributed by atoms with Gasteiger partial charge in [-0.3, -0.25) is 10.1 Å². The Morgan fingerprint density at radius 1 is 1.56 bits per heavy atom. The minimum absolute atomic E-state index is 0.176. The number of hydrogen-bond donors (Lipinski definition) is 1. The topological polar surface area (TPSA) is 58.4 Å². The van der Waals surface area contributed by atoms with E-state index >= 15 is 0 Å². The summed E-state index contributed by atoms with van der Waals surface area (Å²) in [4.78, 5) is 18.1. The Morgan fingerprint density at radius 2 is 2.28 bits per heavy atom. The first kappa shape index (κ1) is 13.1. The van der Waals surface area contributed by atoms with Crippen LogP contribution in [0.25, 0.3) is 0 Å². The lowest BCUT2D eigenvalue weighted by Crippen LogP contribution is -2.43. The molecule has 2 rings (SSSR count). The van der Waals surface area contributed by atoms with Gasteiger partial charge in [-0.1, -0.05) is 6.92 Å². The fourth-order valence-corrected chi connectivity index (χ4v) is 2.13. The van der Waals surface area contributed by atoms with E-state index in [1.54, 1.807) is 6.20 Å². The van der Waals surface area contributed by atoms with Gasteiger partial charge in [0.25, 0.3) is 0 Å². The average Bonchev–Trinajstić information content (AvgIpc) is 3.05. The van der Waals surface area contributed by atoms with Crippen molar-refractivity contribution in [3.63, 3.8) is 0 Å². The number of oxazole rings is 1. The highest BCUT2D eigenvalue weighted by Crippen LogP contribution is 2.09. The van der Waals surface area contributed by atoms with E-state index in [9.17, 15) is 4.79 Å². The summed E-state index contributed by atoms with van der Waals surface area (Å²) in [6.07, 6.45) is 4.83. The Hall–Kier alpha value is -1.36. The van der Waals surface area contributed by atoms with E-state index in [1.807, 2.05) is 18.7 Å². The molecule has 18 heavy (non-hydrogen) atoms. The minimum atomic E-state index is -0.180. The van der Waals surface area contributed by atoms with Gasteiger partial charge < -0.3 is 9.32 Å². The first-order valence-corrected chi connectivity index (χ1v) is 6.66. The molecule has 0 aliphatic carbocycles. The third kappa shape index (κ3) is 3.10. The summed E-state index contributed by atoms with van der Waals surface area (Å²) in [7, 11) is 0. The Bertz CT molecular complexity index is 397. The highest BCUT2D eigenvalue weighted by Gasteiger charge is 2.22. The van der Waals surface area contributed by atoms with Gasteiger partial charge in [0.1, 0.15) is 5.76 Å². The van der Waals surface area contributed by atoms with Crippen molar-refractivity contribution in [1.29, 1.82) is 0 Å². The Kier molecular flexibility index (Phi) is 4.36. The van der Waals surface area contributed by atoms with Gasteiger partial charge in [0.05, 0.1) is 18.8 Å². The maximum Gasteiger partial charge on any atom is 0.239 e. The van der Waals surface area contributed by atoms with Gasteiger partial charge in [0.2, 0.25) is 11.8 Å². The second kappa shape index (κ2) is 6.00. The largest absolute Gasteiger partial charge is 0.444 e. The van der Waals surface area contributed by atoms with Gasteiger partial charge in [-0.25, -0.2) is 4.98 Å². The van der Waals surface area contributed by atoms with Crippen LogP contribution in [-0.2, 0) is 17.8 Å². The number of rotatable bonds is 5. The van der Waals surface area contributed by atoms with E-state index in [0.29, 0.717) is 12.4 Å². The molecule has 0 bridgehead atoms. The zero-order valence-corrected chi connectivity index (χ0v) is 11.1. The number of aromatic nitrogens is 1. The summed E-state index contributed by atoms with van der Waals surface area (Å²) in [5.74, 6) is 1.70. The van der Waals surface area contributed by atoms with Crippen LogP contribution in [0, 0.1) is 0 Å². The molecular weight excluding hydrogens is 230 g/mol. The van der Waals surface area contributed by atoms with Crippen LogP contribution in [0.1, 0.15) is 38.3 Å². The number of amides is 1. The van der Waals surface area contributed by atoms with E-state index in [0.717, 1.165) is 38.1 Å². The summed E-state index contributed by atoms with van der Waals surface area (Å²) in [6, 6.07) is -0.180. The lowest BCUT2D eigenvalue weighted by atomic mass is 10.3. The maximum atomic E-state index is 12.0. The Morgan fingerprint density at radius 3 is 2.89 bits per heavy atom. The highest BCUT2D eigenvalue weighted by molar-refractivity contribution is 5.81. The molecule has 1 N–H and O–H groups in total. The van der Waals surface area contributed by atoms with Crippen LogP contribution in [-0.4, -0.2) is 34.9 Å². The molecule has 1 amide bonds. The molecule has 100 valence electrons. The van der Waals surface area contributed by atoms with Crippen molar-refractivity contribution in [3.05, 3.63) is 17.8 Å². The van der Waals surface area contributed by atoms with Gasteiger partial charge >= 0.3 is 0 Å².